The molecule has 0 aromatic heterocycles. The number of carbonyl (C=O) groups excluding carboxylic acids is 1. The fourth-order valence-electron chi connectivity index (χ4n) is 2.10. The molecule has 0 spiro atoms. The van der Waals surface area contributed by atoms with Crippen molar-refractivity contribution in [1.82, 2.24) is 0 Å². The highest BCUT2D eigenvalue weighted by Crippen LogP contribution is 2.30. The summed E-state index contributed by atoms with van der Waals surface area (Å²) in [7, 11) is -3.86. The predicted octanol–water partition coefficient (Wildman–Crippen LogP) is 4.14. The summed E-state index contributed by atoms with van der Waals surface area (Å²) in [5.74, 6) is 0.0993. The number of sulfonamides is 1. The van der Waals surface area contributed by atoms with Gasteiger partial charge in [-0.1, -0.05) is 23.2 Å². The Bertz CT molecular complexity index is 879. The first-order chi connectivity index (χ1) is 11.3. The van der Waals surface area contributed by atoms with Crippen molar-refractivity contribution >= 4 is 50.5 Å². The van der Waals surface area contributed by atoms with Gasteiger partial charge in [0.25, 0.3) is 10.0 Å². The van der Waals surface area contributed by atoms with Gasteiger partial charge in [0.05, 0.1) is 5.02 Å². The second-order valence-corrected chi connectivity index (χ2v) is 8.02. The number of amides is 1. The second kappa shape index (κ2) is 6.63. The van der Waals surface area contributed by atoms with E-state index in [-0.39, 0.29) is 26.8 Å². The maximum absolute atomic E-state index is 12.4. The number of rotatable bonds is 5. The highest BCUT2D eigenvalue weighted by molar-refractivity contribution is 7.92. The van der Waals surface area contributed by atoms with E-state index in [2.05, 4.69) is 10.0 Å². The van der Waals surface area contributed by atoms with E-state index in [1.54, 1.807) is 24.3 Å². The zero-order valence-electron chi connectivity index (χ0n) is 12.4. The summed E-state index contributed by atoms with van der Waals surface area (Å²) in [5.41, 5.74) is 0.978. The molecule has 24 heavy (non-hydrogen) atoms. The van der Waals surface area contributed by atoms with Gasteiger partial charge in [0.2, 0.25) is 5.91 Å². The van der Waals surface area contributed by atoms with Crippen molar-refractivity contribution < 1.29 is 13.2 Å². The molecular weight excluding hydrogens is 371 g/mol. The van der Waals surface area contributed by atoms with Crippen molar-refractivity contribution in [2.24, 2.45) is 5.92 Å². The van der Waals surface area contributed by atoms with E-state index in [0.717, 1.165) is 12.8 Å². The molecule has 3 rings (SSSR count). The van der Waals surface area contributed by atoms with Crippen LogP contribution in [0.15, 0.2) is 47.4 Å². The maximum Gasteiger partial charge on any atom is 0.263 e. The van der Waals surface area contributed by atoms with Crippen LogP contribution in [0.3, 0.4) is 0 Å². The molecule has 2 aromatic carbocycles. The summed E-state index contributed by atoms with van der Waals surface area (Å²) in [5, 5.41) is 3.15. The van der Waals surface area contributed by atoms with Crippen LogP contribution in [-0.4, -0.2) is 14.3 Å². The highest BCUT2D eigenvalue weighted by atomic mass is 35.5. The zero-order valence-corrected chi connectivity index (χ0v) is 14.8. The largest absolute Gasteiger partial charge is 0.326 e. The molecule has 0 saturated heterocycles. The monoisotopic (exact) mass is 384 g/mol. The van der Waals surface area contributed by atoms with E-state index in [0.29, 0.717) is 11.4 Å². The van der Waals surface area contributed by atoms with Crippen LogP contribution in [0.5, 0.6) is 0 Å². The van der Waals surface area contributed by atoms with Crippen molar-refractivity contribution in [2.75, 3.05) is 10.0 Å². The van der Waals surface area contributed by atoms with Gasteiger partial charge >= 0.3 is 0 Å². The molecule has 0 aliphatic heterocycles. The number of halogens is 2. The zero-order chi connectivity index (χ0) is 17.3. The standard InChI is InChI=1S/C16H14Cl2N2O3S/c17-11-3-8-14(18)15(9-11)24(22,23)20-13-6-4-12(5-7-13)19-16(21)10-1-2-10/h3-10,20H,1-2H2,(H,19,21). The van der Waals surface area contributed by atoms with Gasteiger partial charge < -0.3 is 5.32 Å². The van der Waals surface area contributed by atoms with Gasteiger partial charge in [-0.2, -0.15) is 0 Å². The smallest absolute Gasteiger partial charge is 0.263 e. The van der Waals surface area contributed by atoms with Crippen LogP contribution in [0.1, 0.15) is 12.8 Å². The molecule has 1 fully saturated rings. The lowest BCUT2D eigenvalue weighted by Gasteiger charge is -2.11. The Hall–Kier alpha value is -1.76. The molecule has 1 saturated carbocycles. The highest BCUT2D eigenvalue weighted by Gasteiger charge is 2.29. The number of nitrogens with one attached hydrogen (secondary N) is 2. The molecule has 5 nitrogen and oxygen atoms in total. The van der Waals surface area contributed by atoms with Crippen LogP contribution in [-0.2, 0) is 14.8 Å². The van der Waals surface area contributed by atoms with Crippen LogP contribution >= 0.6 is 23.2 Å². The minimum absolute atomic E-state index is 0.00552. The molecular formula is C16H14Cl2N2O3S. The predicted molar refractivity (Wildman–Crippen MR) is 95.1 cm³/mol. The van der Waals surface area contributed by atoms with E-state index < -0.39 is 10.0 Å². The van der Waals surface area contributed by atoms with Crippen molar-refractivity contribution in [3.8, 4) is 0 Å². The maximum atomic E-state index is 12.4. The van der Waals surface area contributed by atoms with Crippen LogP contribution in [0.25, 0.3) is 0 Å². The van der Waals surface area contributed by atoms with Gasteiger partial charge in [-0.15, -0.1) is 0 Å². The molecule has 1 aliphatic carbocycles. The third-order valence-electron chi connectivity index (χ3n) is 3.54. The van der Waals surface area contributed by atoms with Crippen molar-refractivity contribution in [3.63, 3.8) is 0 Å². The number of hydrogen-bond acceptors (Lipinski definition) is 3. The Kier molecular flexibility index (Phi) is 4.71. The summed E-state index contributed by atoms with van der Waals surface area (Å²) in [4.78, 5) is 11.6. The first-order valence-electron chi connectivity index (χ1n) is 7.24. The fourth-order valence-corrected chi connectivity index (χ4v) is 3.93. The lowest BCUT2D eigenvalue weighted by Crippen LogP contribution is -2.14. The Labute approximate surface area is 150 Å². The minimum atomic E-state index is -3.86. The van der Waals surface area contributed by atoms with Gasteiger partial charge in [0.1, 0.15) is 4.90 Å². The first-order valence-corrected chi connectivity index (χ1v) is 9.48. The normalized spacial score (nSPS) is 14.2. The lowest BCUT2D eigenvalue weighted by molar-refractivity contribution is -0.117. The average molecular weight is 385 g/mol. The quantitative estimate of drug-likeness (QED) is 0.812. The van der Waals surface area contributed by atoms with Gasteiger partial charge in [0.15, 0.2) is 0 Å². The molecule has 0 atom stereocenters. The van der Waals surface area contributed by atoms with Crippen LogP contribution in [0.4, 0.5) is 11.4 Å². The summed E-state index contributed by atoms with van der Waals surface area (Å²) < 4.78 is 27.3. The van der Waals surface area contributed by atoms with Crippen molar-refractivity contribution in [1.29, 1.82) is 0 Å². The summed E-state index contributed by atoms with van der Waals surface area (Å²) in [6.07, 6.45) is 1.84. The molecule has 0 unspecified atom stereocenters. The van der Waals surface area contributed by atoms with Gasteiger partial charge in [-0.3, -0.25) is 9.52 Å². The third-order valence-corrected chi connectivity index (χ3v) is 5.63. The van der Waals surface area contributed by atoms with Gasteiger partial charge in [-0.25, -0.2) is 8.42 Å². The second-order valence-electron chi connectivity index (χ2n) is 5.52. The molecule has 126 valence electrons. The molecule has 2 aromatic rings. The number of carbonyl (C=O) groups is 1. The average Bonchev–Trinajstić information content (AvgIpc) is 3.36. The fraction of sp³-hybridized carbons (Fsp3) is 0.188. The Morgan fingerprint density at radius 2 is 1.62 bits per heavy atom. The molecule has 2 N–H and O–H groups in total. The summed E-state index contributed by atoms with van der Waals surface area (Å²) in [6, 6.07) is 10.6. The van der Waals surface area contributed by atoms with E-state index >= 15 is 0 Å². The molecule has 0 bridgehead atoms. The number of benzene rings is 2. The molecule has 0 radical (unpaired) electrons. The first kappa shape index (κ1) is 17.1. The minimum Gasteiger partial charge on any atom is -0.326 e. The summed E-state index contributed by atoms with van der Waals surface area (Å²) in [6.45, 7) is 0. The van der Waals surface area contributed by atoms with E-state index in [4.69, 9.17) is 23.2 Å². The van der Waals surface area contributed by atoms with Gasteiger partial charge in [0, 0.05) is 22.3 Å². The van der Waals surface area contributed by atoms with Gasteiger partial charge in [-0.05, 0) is 55.3 Å². The van der Waals surface area contributed by atoms with Crippen LogP contribution in [0.2, 0.25) is 10.0 Å². The van der Waals surface area contributed by atoms with E-state index in [1.165, 1.54) is 18.2 Å². The Morgan fingerprint density at radius 3 is 2.25 bits per heavy atom. The lowest BCUT2D eigenvalue weighted by atomic mass is 10.2. The Balaban J connectivity index is 1.75. The SMILES string of the molecule is O=C(Nc1ccc(NS(=O)(=O)c2cc(Cl)ccc2Cl)cc1)C1CC1. The van der Waals surface area contributed by atoms with Crippen LogP contribution < -0.4 is 10.0 Å². The van der Waals surface area contributed by atoms with Crippen molar-refractivity contribution in [3.05, 3.63) is 52.5 Å². The summed E-state index contributed by atoms with van der Waals surface area (Å²) >= 11 is 11.8. The molecule has 8 heteroatoms. The van der Waals surface area contributed by atoms with E-state index in [1.807, 2.05) is 0 Å². The number of anilines is 2. The van der Waals surface area contributed by atoms with E-state index in [9.17, 15) is 13.2 Å². The van der Waals surface area contributed by atoms with Crippen molar-refractivity contribution in [2.45, 2.75) is 17.7 Å². The molecule has 1 amide bonds. The topological polar surface area (TPSA) is 75.3 Å². The van der Waals surface area contributed by atoms with Crippen LogP contribution in [0, 0.1) is 5.92 Å². The number of hydrogen-bond donors (Lipinski definition) is 2. The molecule has 0 heterocycles. The third kappa shape index (κ3) is 4.01. The Morgan fingerprint density at radius 1 is 1.00 bits per heavy atom. The molecule has 1 aliphatic rings.